The minimum atomic E-state index is -1.44. The molecule has 0 aromatic heterocycles. The lowest BCUT2D eigenvalue weighted by Crippen LogP contribution is -2.61. The average molecular weight is 359 g/mol. The van der Waals surface area contributed by atoms with Crippen LogP contribution in [0.15, 0.2) is 5.11 Å². The van der Waals surface area contributed by atoms with Crippen molar-refractivity contribution < 1.29 is 42.9 Å². The van der Waals surface area contributed by atoms with E-state index in [-0.39, 0.29) is 13.1 Å². The van der Waals surface area contributed by atoms with Gasteiger partial charge in [-0.1, -0.05) is 5.11 Å². The van der Waals surface area contributed by atoms with Gasteiger partial charge < -0.3 is 23.7 Å². The van der Waals surface area contributed by atoms with E-state index in [1.807, 2.05) is 0 Å². The first-order chi connectivity index (χ1) is 11.8. The second kappa shape index (κ2) is 9.45. The second-order valence-corrected chi connectivity index (χ2v) is 4.92. The van der Waals surface area contributed by atoms with Crippen molar-refractivity contribution in [2.75, 3.05) is 6.61 Å². The molecule has 0 spiro atoms. The van der Waals surface area contributed by atoms with E-state index in [4.69, 9.17) is 29.2 Å². The summed E-state index contributed by atoms with van der Waals surface area (Å²) in [5, 5.41) is 3.40. The Balaban J connectivity index is 3.23. The van der Waals surface area contributed by atoms with Gasteiger partial charge in [0, 0.05) is 25.7 Å². The lowest BCUT2D eigenvalue weighted by atomic mass is 9.97. The molecule has 0 amide bonds. The fourth-order valence-electron chi connectivity index (χ4n) is 2.23. The second-order valence-electron chi connectivity index (χ2n) is 4.92. The summed E-state index contributed by atoms with van der Waals surface area (Å²) in [4.78, 5) is 47.1. The van der Waals surface area contributed by atoms with Gasteiger partial charge in [0.1, 0.15) is 18.8 Å². The molecule has 1 rings (SSSR count). The van der Waals surface area contributed by atoms with Gasteiger partial charge in [-0.3, -0.25) is 19.2 Å². The van der Waals surface area contributed by atoms with Crippen molar-refractivity contribution in [1.82, 2.24) is 0 Å². The largest absolute Gasteiger partial charge is 0.463 e. The topological polar surface area (TPSA) is 163 Å². The van der Waals surface area contributed by atoms with Gasteiger partial charge in [-0.15, -0.1) is 0 Å². The molecule has 138 valence electrons. The number of esters is 3. The number of nitrogens with zero attached hydrogens (tertiary/aromatic N) is 3. The highest BCUT2D eigenvalue weighted by atomic mass is 16.7. The third-order valence-corrected chi connectivity index (χ3v) is 3.04. The van der Waals surface area contributed by atoms with Crippen molar-refractivity contribution in [3.8, 4) is 0 Å². The molecule has 0 aromatic rings. The number of carbonyl (C=O) groups excluding carboxylic acids is 4. The predicted molar refractivity (Wildman–Crippen MR) is 76.5 cm³/mol. The molecule has 12 nitrogen and oxygen atoms in total. The summed E-state index contributed by atoms with van der Waals surface area (Å²) in [6.07, 6.45) is -5.16. The van der Waals surface area contributed by atoms with Crippen molar-refractivity contribution >= 4 is 24.4 Å². The zero-order chi connectivity index (χ0) is 19.0. The van der Waals surface area contributed by atoms with Crippen LogP contribution in [0.4, 0.5) is 0 Å². The van der Waals surface area contributed by atoms with E-state index in [0.29, 0.717) is 0 Å². The summed E-state index contributed by atoms with van der Waals surface area (Å²) in [6.45, 7) is 3.00. The Morgan fingerprint density at radius 3 is 2.20 bits per heavy atom. The molecule has 0 aliphatic carbocycles. The molecule has 25 heavy (non-hydrogen) atoms. The Morgan fingerprint density at radius 2 is 1.72 bits per heavy atom. The molecule has 12 heteroatoms. The SMILES string of the molecule is CC(=O)OC[C@H]1O[C@H](OC=O)[C@H](N=[N+]=[N-])[C@@H](OC(C)=O)[C@H]1OC(C)=O. The van der Waals surface area contributed by atoms with Crippen LogP contribution in [0.5, 0.6) is 0 Å². The van der Waals surface area contributed by atoms with Crippen LogP contribution in [0.1, 0.15) is 20.8 Å². The first-order valence-electron chi connectivity index (χ1n) is 7.06. The van der Waals surface area contributed by atoms with Gasteiger partial charge in [0.2, 0.25) is 6.29 Å². The summed E-state index contributed by atoms with van der Waals surface area (Å²) >= 11 is 0. The fraction of sp³-hybridized carbons (Fsp3) is 0.692. The molecule has 5 atom stereocenters. The molecule has 1 fully saturated rings. The van der Waals surface area contributed by atoms with Gasteiger partial charge in [0.05, 0.1) is 0 Å². The summed E-state index contributed by atoms with van der Waals surface area (Å²) in [5.74, 6) is -2.15. The molecule has 0 saturated carbocycles. The third kappa shape index (κ3) is 5.94. The lowest BCUT2D eigenvalue weighted by Gasteiger charge is -2.42. The summed E-state index contributed by atoms with van der Waals surface area (Å²) < 4.78 is 25.1. The average Bonchev–Trinajstić information content (AvgIpc) is 2.50. The van der Waals surface area contributed by atoms with Crippen LogP contribution < -0.4 is 0 Å². The van der Waals surface area contributed by atoms with Crippen molar-refractivity contribution in [3.63, 3.8) is 0 Å². The molecule has 0 N–H and O–H groups in total. The fourth-order valence-corrected chi connectivity index (χ4v) is 2.23. The number of carbonyl (C=O) groups is 4. The predicted octanol–water partition coefficient (Wildman–Crippen LogP) is -0.0103. The molecule has 0 unspecified atom stereocenters. The van der Waals surface area contributed by atoms with Crippen molar-refractivity contribution in [3.05, 3.63) is 10.4 Å². The van der Waals surface area contributed by atoms with E-state index in [1.54, 1.807) is 0 Å². The highest BCUT2D eigenvalue weighted by Crippen LogP contribution is 2.29. The van der Waals surface area contributed by atoms with Crippen molar-refractivity contribution in [2.45, 2.75) is 51.4 Å². The number of hydrogen-bond acceptors (Lipinski definition) is 10. The smallest absolute Gasteiger partial charge is 0.303 e. The maximum absolute atomic E-state index is 11.4. The normalized spacial score (nSPS) is 28.0. The van der Waals surface area contributed by atoms with E-state index in [1.165, 1.54) is 0 Å². The maximum Gasteiger partial charge on any atom is 0.303 e. The summed E-state index contributed by atoms with van der Waals surface area (Å²) in [6, 6.07) is -1.32. The van der Waals surface area contributed by atoms with Gasteiger partial charge in [0.25, 0.3) is 6.47 Å². The van der Waals surface area contributed by atoms with Gasteiger partial charge >= 0.3 is 17.9 Å². The summed E-state index contributed by atoms with van der Waals surface area (Å²) in [5.41, 5.74) is 8.71. The minimum absolute atomic E-state index is 0.0461. The van der Waals surface area contributed by atoms with E-state index in [2.05, 4.69) is 10.0 Å². The van der Waals surface area contributed by atoms with Crippen LogP contribution in [-0.2, 0) is 42.9 Å². The Kier molecular flexibility index (Phi) is 7.63. The monoisotopic (exact) mass is 359 g/mol. The van der Waals surface area contributed by atoms with Crippen LogP contribution in [0.2, 0.25) is 0 Å². The van der Waals surface area contributed by atoms with Crippen LogP contribution in [0.3, 0.4) is 0 Å². The van der Waals surface area contributed by atoms with E-state index < -0.39 is 48.6 Å². The lowest BCUT2D eigenvalue weighted by molar-refractivity contribution is -0.263. The standard InChI is InChI=1S/C13H17N3O9/c1-6(18)21-4-9-11(23-7(2)19)12(24-8(3)20)10(15-16-14)13(25-9)22-5-17/h5,9-13H,4H2,1-3H3/t9-,10-,11+,12-,13+/m1/s1. The Hall–Kier alpha value is -2.85. The zero-order valence-electron chi connectivity index (χ0n) is 13.7. The third-order valence-electron chi connectivity index (χ3n) is 3.04. The van der Waals surface area contributed by atoms with Crippen LogP contribution in [0.25, 0.3) is 10.4 Å². The van der Waals surface area contributed by atoms with E-state index in [0.717, 1.165) is 20.8 Å². The molecule has 0 aromatic carbocycles. The number of hydrogen-bond donors (Lipinski definition) is 0. The van der Waals surface area contributed by atoms with E-state index in [9.17, 15) is 19.2 Å². The van der Waals surface area contributed by atoms with E-state index >= 15 is 0 Å². The minimum Gasteiger partial charge on any atom is -0.463 e. The Labute approximate surface area is 141 Å². The van der Waals surface area contributed by atoms with Crippen LogP contribution in [-0.4, -0.2) is 61.6 Å². The van der Waals surface area contributed by atoms with Crippen molar-refractivity contribution in [2.24, 2.45) is 5.11 Å². The number of azide groups is 1. The number of rotatable bonds is 7. The molecule has 1 aliphatic heterocycles. The first kappa shape index (κ1) is 20.2. The molecular formula is C13H17N3O9. The van der Waals surface area contributed by atoms with Gasteiger partial charge in [-0.2, -0.15) is 0 Å². The highest BCUT2D eigenvalue weighted by Gasteiger charge is 2.51. The van der Waals surface area contributed by atoms with Crippen molar-refractivity contribution in [1.29, 1.82) is 0 Å². The maximum atomic E-state index is 11.4. The Bertz CT molecular complexity index is 575. The molecule has 0 bridgehead atoms. The first-order valence-corrected chi connectivity index (χ1v) is 7.06. The molecule has 1 aliphatic rings. The summed E-state index contributed by atoms with van der Waals surface area (Å²) in [7, 11) is 0. The quantitative estimate of drug-likeness (QED) is 0.152. The molecular weight excluding hydrogens is 342 g/mol. The van der Waals surface area contributed by atoms with Crippen LogP contribution in [0, 0.1) is 0 Å². The highest BCUT2D eigenvalue weighted by molar-refractivity contribution is 5.68. The molecule has 1 heterocycles. The van der Waals surface area contributed by atoms with Gasteiger partial charge in [-0.25, -0.2) is 0 Å². The molecule has 0 radical (unpaired) electrons. The number of ether oxygens (including phenoxy) is 5. The molecule has 1 saturated heterocycles. The van der Waals surface area contributed by atoms with Gasteiger partial charge in [0.15, 0.2) is 12.2 Å². The van der Waals surface area contributed by atoms with Gasteiger partial charge in [-0.05, 0) is 5.53 Å². The zero-order valence-corrected chi connectivity index (χ0v) is 13.7. The van der Waals surface area contributed by atoms with Crippen LogP contribution >= 0.6 is 0 Å². The Morgan fingerprint density at radius 1 is 1.12 bits per heavy atom.